The van der Waals surface area contributed by atoms with Gasteiger partial charge in [-0.15, -0.1) is 0 Å². The van der Waals surface area contributed by atoms with Crippen molar-refractivity contribution in [1.82, 2.24) is 10.3 Å². The molecule has 0 bridgehead atoms. The maximum absolute atomic E-state index is 11.7. The number of hydrogen-bond donors (Lipinski definition) is 4. The fourth-order valence-electron chi connectivity index (χ4n) is 3.75. The first-order valence-corrected chi connectivity index (χ1v) is 11.0. The van der Waals surface area contributed by atoms with Gasteiger partial charge in [-0.1, -0.05) is 18.2 Å². The van der Waals surface area contributed by atoms with Crippen molar-refractivity contribution >= 4 is 29.3 Å². The molecule has 2 heterocycles. The summed E-state index contributed by atoms with van der Waals surface area (Å²) < 4.78 is 16.2. The number of aliphatic imine (C=N–C) groups is 1. The second-order valence-corrected chi connectivity index (χ2v) is 7.69. The highest BCUT2D eigenvalue weighted by molar-refractivity contribution is 5.98. The van der Waals surface area contributed by atoms with Crippen LogP contribution in [-0.4, -0.2) is 37.2 Å². The highest BCUT2D eigenvalue weighted by Gasteiger charge is 2.29. The number of carbonyl (C=O) groups is 1. The van der Waals surface area contributed by atoms with Gasteiger partial charge in [-0.05, 0) is 35.9 Å². The number of nitrogens with two attached hydrogens (primary N) is 2. The summed E-state index contributed by atoms with van der Waals surface area (Å²) in [6.45, 7) is 0.444. The van der Waals surface area contributed by atoms with Gasteiger partial charge in [-0.25, -0.2) is 14.8 Å². The molecule has 0 saturated carbocycles. The second-order valence-electron chi connectivity index (χ2n) is 7.69. The highest BCUT2D eigenvalue weighted by Crippen LogP contribution is 2.41. The zero-order valence-corrected chi connectivity index (χ0v) is 19.7. The number of aromatic nitrogens is 1. The molecule has 1 aromatic heterocycles. The Morgan fingerprint density at radius 1 is 1.11 bits per heavy atom. The Morgan fingerprint density at radius 2 is 1.81 bits per heavy atom. The number of nitrogens with zero attached hydrogens (tertiary/aromatic N) is 4. The predicted molar refractivity (Wildman–Crippen MR) is 135 cm³/mol. The Bertz CT molecular complexity index is 1460. The molecule has 1 aliphatic heterocycles. The van der Waals surface area contributed by atoms with Gasteiger partial charge in [0.2, 0.25) is 5.96 Å². The molecule has 3 aromatic rings. The number of anilines is 3. The topological polar surface area (TPSA) is 194 Å². The molecular weight excluding hydrogens is 476 g/mol. The molecule has 1 aliphatic rings. The van der Waals surface area contributed by atoms with Crippen molar-refractivity contribution in [3.63, 3.8) is 0 Å². The Labute approximate surface area is 212 Å². The molecule has 1 atom stereocenters. The third-order valence-electron chi connectivity index (χ3n) is 5.41. The van der Waals surface area contributed by atoms with Crippen LogP contribution in [0.25, 0.3) is 0 Å². The number of benzene rings is 2. The van der Waals surface area contributed by atoms with Crippen molar-refractivity contribution in [1.29, 1.82) is 10.5 Å². The normalized spacial score (nSPS) is 13.6. The van der Waals surface area contributed by atoms with Crippen LogP contribution in [0.2, 0.25) is 0 Å². The van der Waals surface area contributed by atoms with Gasteiger partial charge in [0.15, 0.2) is 6.19 Å². The standard InChI is InChI=1S/C25H22N8O4/c1-35-24(34)15-5-3-7-17(11-15)37-9-8-36-16-6-2-4-14(10-16)21-19-20(28)18(12-26)22(29)32-23(19)33-25(31-21)30-13-27/h2-7,10-11,21H,8-9H2,1H3,(H6,28,29,30,31,32,33). The minimum absolute atomic E-state index is 0.0302. The molecule has 186 valence electrons. The molecule has 0 aliphatic carbocycles. The molecule has 0 fully saturated rings. The molecule has 6 N–H and O–H groups in total. The number of guanidine groups is 1. The molecule has 2 aromatic carbocycles. The van der Waals surface area contributed by atoms with Crippen molar-refractivity contribution < 1.29 is 19.0 Å². The third-order valence-corrected chi connectivity index (χ3v) is 5.41. The number of rotatable bonds is 7. The van der Waals surface area contributed by atoms with Crippen LogP contribution in [-0.2, 0) is 4.74 Å². The lowest BCUT2D eigenvalue weighted by molar-refractivity contribution is 0.0600. The fraction of sp³-hybridized carbons (Fsp3) is 0.160. The summed E-state index contributed by atoms with van der Waals surface area (Å²) >= 11 is 0. The van der Waals surface area contributed by atoms with E-state index in [0.717, 1.165) is 0 Å². The number of methoxy groups -OCH3 is 1. The lowest BCUT2D eigenvalue weighted by Gasteiger charge is -2.26. The van der Waals surface area contributed by atoms with Crippen molar-refractivity contribution in [3.05, 3.63) is 70.8 Å². The van der Waals surface area contributed by atoms with Crippen LogP contribution in [0.3, 0.4) is 0 Å². The van der Waals surface area contributed by atoms with E-state index in [9.17, 15) is 10.1 Å². The number of esters is 1. The summed E-state index contributed by atoms with van der Waals surface area (Å²) in [6.07, 6.45) is 1.81. The predicted octanol–water partition coefficient (Wildman–Crippen LogP) is 2.30. The van der Waals surface area contributed by atoms with E-state index in [4.69, 9.17) is 30.9 Å². The van der Waals surface area contributed by atoms with Gasteiger partial charge >= 0.3 is 5.97 Å². The van der Waals surface area contributed by atoms with E-state index in [1.54, 1.807) is 42.5 Å². The Balaban J connectivity index is 1.52. The summed E-state index contributed by atoms with van der Waals surface area (Å²) in [5.74, 6) is 1.02. The van der Waals surface area contributed by atoms with Gasteiger partial charge in [0.05, 0.1) is 18.4 Å². The van der Waals surface area contributed by atoms with E-state index < -0.39 is 12.0 Å². The summed E-state index contributed by atoms with van der Waals surface area (Å²) in [7, 11) is 1.31. The first kappa shape index (κ1) is 24.6. The molecular formula is C25H22N8O4. The van der Waals surface area contributed by atoms with Gasteiger partial charge in [0.1, 0.15) is 54.0 Å². The van der Waals surface area contributed by atoms with E-state index in [1.807, 2.05) is 18.3 Å². The van der Waals surface area contributed by atoms with E-state index in [0.29, 0.717) is 34.0 Å². The zero-order chi connectivity index (χ0) is 26.4. The van der Waals surface area contributed by atoms with Crippen LogP contribution in [0, 0.1) is 22.8 Å². The molecule has 1 unspecified atom stereocenters. The van der Waals surface area contributed by atoms with Crippen molar-refractivity contribution in [2.45, 2.75) is 6.04 Å². The highest BCUT2D eigenvalue weighted by atomic mass is 16.5. The van der Waals surface area contributed by atoms with Crippen LogP contribution in [0.5, 0.6) is 11.5 Å². The number of carbonyl (C=O) groups excluding carboxylic acids is 1. The Hall–Kier alpha value is -5.49. The number of nitrogens with one attached hydrogen (secondary N) is 2. The van der Waals surface area contributed by atoms with Crippen molar-refractivity contribution in [2.75, 3.05) is 37.1 Å². The van der Waals surface area contributed by atoms with Gasteiger partial charge in [-0.2, -0.15) is 10.5 Å². The van der Waals surface area contributed by atoms with Crippen molar-refractivity contribution in [3.8, 4) is 23.8 Å². The lowest BCUT2D eigenvalue weighted by atomic mass is 9.95. The number of hydrogen-bond acceptors (Lipinski definition) is 12. The monoisotopic (exact) mass is 498 g/mol. The van der Waals surface area contributed by atoms with Gasteiger partial charge in [0.25, 0.3) is 0 Å². The number of nitrogen functional groups attached to an aromatic ring is 2. The van der Waals surface area contributed by atoms with Gasteiger partial charge < -0.3 is 31.0 Å². The largest absolute Gasteiger partial charge is 0.490 e. The summed E-state index contributed by atoms with van der Waals surface area (Å²) in [5.41, 5.74) is 13.9. The molecule has 0 amide bonds. The fourth-order valence-corrected chi connectivity index (χ4v) is 3.75. The van der Waals surface area contributed by atoms with Crippen LogP contribution in [0.4, 0.5) is 17.3 Å². The smallest absolute Gasteiger partial charge is 0.337 e. The minimum Gasteiger partial charge on any atom is -0.490 e. The van der Waals surface area contributed by atoms with Gasteiger partial charge in [-0.3, -0.25) is 5.32 Å². The average Bonchev–Trinajstić information content (AvgIpc) is 2.91. The van der Waals surface area contributed by atoms with Crippen LogP contribution < -0.4 is 31.6 Å². The Kier molecular flexibility index (Phi) is 7.21. The maximum atomic E-state index is 11.7. The van der Waals surface area contributed by atoms with E-state index in [-0.39, 0.29) is 36.2 Å². The zero-order valence-electron chi connectivity index (χ0n) is 19.7. The maximum Gasteiger partial charge on any atom is 0.337 e. The summed E-state index contributed by atoms with van der Waals surface area (Å²) in [4.78, 5) is 20.5. The number of fused-ring (bicyclic) bond motifs is 1. The number of ether oxygens (including phenoxy) is 3. The SMILES string of the molecule is COC(=O)c1cccc(OCCOc2cccc(C3N=C(NC#N)Nc4nc(N)c(C#N)c(N)c43)c2)c1. The molecule has 0 saturated heterocycles. The molecule has 0 spiro atoms. The first-order chi connectivity index (χ1) is 17.9. The lowest BCUT2D eigenvalue weighted by Crippen LogP contribution is -2.32. The number of pyridine rings is 1. The second kappa shape index (κ2) is 10.8. The Morgan fingerprint density at radius 3 is 2.49 bits per heavy atom. The molecule has 12 nitrogen and oxygen atoms in total. The molecule has 12 heteroatoms. The number of nitriles is 2. The minimum atomic E-state index is -0.687. The first-order valence-electron chi connectivity index (χ1n) is 11.0. The summed E-state index contributed by atoms with van der Waals surface area (Å²) in [6, 6.07) is 15.1. The summed E-state index contributed by atoms with van der Waals surface area (Å²) in [5, 5.41) is 23.9. The van der Waals surface area contributed by atoms with Crippen LogP contribution >= 0.6 is 0 Å². The van der Waals surface area contributed by atoms with Gasteiger partial charge in [0, 0.05) is 5.56 Å². The van der Waals surface area contributed by atoms with Crippen molar-refractivity contribution in [2.24, 2.45) is 4.99 Å². The average molecular weight is 499 g/mol. The van der Waals surface area contributed by atoms with E-state index in [2.05, 4.69) is 20.6 Å². The van der Waals surface area contributed by atoms with Crippen LogP contribution in [0.1, 0.15) is 33.1 Å². The third kappa shape index (κ3) is 5.28. The quantitative estimate of drug-likeness (QED) is 0.161. The molecule has 37 heavy (non-hydrogen) atoms. The van der Waals surface area contributed by atoms with E-state index in [1.165, 1.54) is 7.11 Å². The molecule has 0 radical (unpaired) electrons. The van der Waals surface area contributed by atoms with E-state index >= 15 is 0 Å². The van der Waals surface area contributed by atoms with Crippen LogP contribution in [0.15, 0.2) is 53.5 Å². The molecule has 4 rings (SSSR count).